The molecule has 122 valence electrons. The second kappa shape index (κ2) is 4.79. The van der Waals surface area contributed by atoms with Crippen LogP contribution in [0.2, 0.25) is 0 Å². The summed E-state index contributed by atoms with van der Waals surface area (Å²) in [6.07, 6.45) is 5.07. The minimum absolute atomic E-state index is 0.103. The van der Waals surface area contributed by atoms with Gasteiger partial charge in [-0.2, -0.15) is 0 Å². The van der Waals surface area contributed by atoms with Crippen molar-refractivity contribution in [3.05, 3.63) is 11.6 Å². The maximum Gasteiger partial charge on any atom is 0.289 e. The van der Waals surface area contributed by atoms with E-state index in [-0.39, 0.29) is 11.8 Å². The first-order chi connectivity index (χ1) is 11.2. The quantitative estimate of drug-likeness (QED) is 0.865. The number of nitrogens with zero attached hydrogens (tertiary/aromatic N) is 4. The molecular weight excluding hydrogens is 294 g/mol. The highest BCUT2D eigenvalue weighted by atomic mass is 16.2. The predicted molar refractivity (Wildman–Crippen MR) is 80.5 cm³/mol. The molecular formula is C16H21N5O2. The van der Waals surface area contributed by atoms with Gasteiger partial charge in [-0.3, -0.25) is 9.59 Å². The van der Waals surface area contributed by atoms with Crippen LogP contribution in [0.25, 0.3) is 0 Å². The van der Waals surface area contributed by atoms with Gasteiger partial charge in [0.1, 0.15) is 5.82 Å². The van der Waals surface area contributed by atoms with Crippen LogP contribution < -0.4 is 5.32 Å². The maximum absolute atomic E-state index is 12.3. The first-order valence-corrected chi connectivity index (χ1v) is 8.71. The van der Waals surface area contributed by atoms with Crippen LogP contribution in [0.1, 0.15) is 42.1 Å². The van der Waals surface area contributed by atoms with Gasteiger partial charge in [0.05, 0.1) is 0 Å². The Balaban J connectivity index is 1.33. The van der Waals surface area contributed by atoms with Crippen molar-refractivity contribution in [2.75, 3.05) is 13.1 Å². The van der Waals surface area contributed by atoms with Crippen molar-refractivity contribution in [2.24, 2.45) is 17.8 Å². The van der Waals surface area contributed by atoms with E-state index in [4.69, 9.17) is 0 Å². The van der Waals surface area contributed by atoms with E-state index in [1.807, 2.05) is 9.47 Å². The summed E-state index contributed by atoms with van der Waals surface area (Å²) >= 11 is 0. The molecule has 2 saturated carbocycles. The van der Waals surface area contributed by atoms with Crippen LogP contribution >= 0.6 is 0 Å². The third-order valence-corrected chi connectivity index (χ3v) is 5.62. The van der Waals surface area contributed by atoms with E-state index in [1.54, 1.807) is 0 Å². The lowest BCUT2D eigenvalue weighted by Gasteiger charge is -2.25. The number of carbonyl (C=O) groups excluding carboxylic acids is 2. The van der Waals surface area contributed by atoms with Crippen LogP contribution in [0.4, 0.5) is 0 Å². The molecule has 2 amide bonds. The standard InChI is InChI=1S/C16H21N5O2/c22-15(17-12-3-4-12)14-19-18-13-5-10-6-20(16(23)9-1-2-9)7-11(10)8-21(13)14/h9-12H,1-8H2,(H,17,22)/t10-,11-/m0/s1. The number of fused-ring (bicyclic) bond motifs is 2. The second-order valence-corrected chi connectivity index (χ2v) is 7.54. The first-order valence-electron chi connectivity index (χ1n) is 8.71. The molecule has 5 rings (SSSR count). The smallest absolute Gasteiger partial charge is 0.289 e. The predicted octanol–water partition coefficient (Wildman–Crippen LogP) is 0.211. The number of hydrogen-bond acceptors (Lipinski definition) is 4. The lowest BCUT2D eigenvalue weighted by molar-refractivity contribution is -0.131. The Bertz CT molecular complexity index is 676. The number of likely N-dealkylation sites (tertiary alicyclic amines) is 1. The van der Waals surface area contributed by atoms with Gasteiger partial charge < -0.3 is 14.8 Å². The Kier molecular flexibility index (Phi) is 2.81. The van der Waals surface area contributed by atoms with Gasteiger partial charge >= 0.3 is 0 Å². The van der Waals surface area contributed by atoms with E-state index in [2.05, 4.69) is 15.5 Å². The van der Waals surface area contributed by atoms with E-state index in [1.165, 1.54) is 0 Å². The zero-order chi connectivity index (χ0) is 15.6. The van der Waals surface area contributed by atoms with Crippen molar-refractivity contribution < 1.29 is 9.59 Å². The van der Waals surface area contributed by atoms with Crippen molar-refractivity contribution >= 4 is 11.8 Å². The summed E-state index contributed by atoms with van der Waals surface area (Å²) in [6.45, 7) is 2.42. The molecule has 0 aromatic carbocycles. The van der Waals surface area contributed by atoms with Crippen LogP contribution in [0.3, 0.4) is 0 Å². The summed E-state index contributed by atoms with van der Waals surface area (Å²) in [4.78, 5) is 26.6. The van der Waals surface area contributed by atoms with Gasteiger partial charge in [-0.05, 0) is 37.5 Å². The zero-order valence-corrected chi connectivity index (χ0v) is 13.1. The fourth-order valence-electron chi connectivity index (χ4n) is 3.94. The fraction of sp³-hybridized carbons (Fsp3) is 0.750. The summed E-state index contributed by atoms with van der Waals surface area (Å²) in [5.74, 6) is 2.75. The number of carbonyl (C=O) groups is 2. The number of aromatic nitrogens is 3. The summed E-state index contributed by atoms with van der Waals surface area (Å²) < 4.78 is 1.98. The van der Waals surface area contributed by atoms with Crippen LogP contribution in [0, 0.1) is 17.8 Å². The maximum atomic E-state index is 12.3. The normalized spacial score (nSPS) is 29.1. The third kappa shape index (κ3) is 2.33. The van der Waals surface area contributed by atoms with E-state index in [9.17, 15) is 9.59 Å². The highest BCUT2D eigenvalue weighted by Crippen LogP contribution is 2.37. The topological polar surface area (TPSA) is 80.1 Å². The minimum Gasteiger partial charge on any atom is -0.347 e. The van der Waals surface area contributed by atoms with Crippen molar-refractivity contribution in [3.8, 4) is 0 Å². The molecule has 2 aliphatic carbocycles. The van der Waals surface area contributed by atoms with E-state index in [0.717, 1.165) is 57.6 Å². The third-order valence-electron chi connectivity index (χ3n) is 5.62. The van der Waals surface area contributed by atoms with Crippen LogP contribution in [0.15, 0.2) is 0 Å². The Morgan fingerprint density at radius 3 is 2.52 bits per heavy atom. The molecule has 1 N–H and O–H groups in total. The molecule has 7 heteroatoms. The number of amides is 2. The molecule has 3 heterocycles. The van der Waals surface area contributed by atoms with Gasteiger partial charge in [0.25, 0.3) is 5.91 Å². The van der Waals surface area contributed by atoms with E-state index < -0.39 is 0 Å². The molecule has 2 atom stereocenters. The summed E-state index contributed by atoms with van der Waals surface area (Å²) in [6, 6.07) is 0.324. The fourth-order valence-corrected chi connectivity index (χ4v) is 3.94. The monoisotopic (exact) mass is 315 g/mol. The lowest BCUT2D eigenvalue weighted by Crippen LogP contribution is -2.33. The van der Waals surface area contributed by atoms with Crippen LogP contribution in [-0.4, -0.2) is 50.6 Å². The Morgan fingerprint density at radius 2 is 1.78 bits per heavy atom. The second-order valence-electron chi connectivity index (χ2n) is 7.54. The van der Waals surface area contributed by atoms with Gasteiger partial charge in [0.15, 0.2) is 0 Å². The molecule has 0 unspecified atom stereocenters. The van der Waals surface area contributed by atoms with Crippen LogP contribution in [0.5, 0.6) is 0 Å². The molecule has 0 bridgehead atoms. The van der Waals surface area contributed by atoms with Crippen molar-refractivity contribution in [1.29, 1.82) is 0 Å². The largest absolute Gasteiger partial charge is 0.347 e. The number of hydrogen-bond donors (Lipinski definition) is 1. The number of rotatable bonds is 3. The molecule has 2 aliphatic heterocycles. The summed E-state index contributed by atoms with van der Waals surface area (Å²) in [7, 11) is 0. The highest BCUT2D eigenvalue weighted by Gasteiger charge is 2.43. The SMILES string of the molecule is O=C(NC1CC1)c1nnc2n1C[C@@H]1CN(C(=O)C3CC3)C[C@@H]1C2. The molecule has 1 aromatic rings. The Morgan fingerprint density at radius 1 is 1.00 bits per heavy atom. The molecule has 1 saturated heterocycles. The lowest BCUT2D eigenvalue weighted by atomic mass is 9.89. The first kappa shape index (κ1) is 13.5. The van der Waals surface area contributed by atoms with Gasteiger partial charge in [-0.1, -0.05) is 0 Å². The molecule has 7 nitrogen and oxygen atoms in total. The van der Waals surface area contributed by atoms with Crippen molar-refractivity contribution in [2.45, 2.75) is 44.7 Å². The Labute approximate surface area is 134 Å². The highest BCUT2D eigenvalue weighted by molar-refractivity contribution is 5.91. The van der Waals surface area contributed by atoms with Gasteiger partial charge in [0, 0.05) is 38.0 Å². The average molecular weight is 315 g/mol. The molecule has 0 radical (unpaired) electrons. The van der Waals surface area contributed by atoms with Crippen LogP contribution in [-0.2, 0) is 17.8 Å². The summed E-state index contributed by atoms with van der Waals surface area (Å²) in [5.41, 5.74) is 0. The van der Waals surface area contributed by atoms with Gasteiger partial charge in [0.2, 0.25) is 11.7 Å². The Hall–Kier alpha value is -1.92. The van der Waals surface area contributed by atoms with Gasteiger partial charge in [-0.25, -0.2) is 0 Å². The minimum atomic E-state index is -0.103. The van der Waals surface area contributed by atoms with E-state index in [0.29, 0.717) is 29.6 Å². The zero-order valence-electron chi connectivity index (χ0n) is 13.1. The number of nitrogens with one attached hydrogen (secondary N) is 1. The molecule has 0 spiro atoms. The van der Waals surface area contributed by atoms with Crippen molar-refractivity contribution in [3.63, 3.8) is 0 Å². The van der Waals surface area contributed by atoms with Crippen molar-refractivity contribution in [1.82, 2.24) is 25.0 Å². The summed E-state index contributed by atoms with van der Waals surface area (Å²) in [5, 5.41) is 11.3. The molecule has 1 aromatic heterocycles. The molecule has 4 aliphatic rings. The van der Waals surface area contributed by atoms with E-state index >= 15 is 0 Å². The molecule has 23 heavy (non-hydrogen) atoms. The van der Waals surface area contributed by atoms with Gasteiger partial charge in [-0.15, -0.1) is 10.2 Å². The average Bonchev–Trinajstić information content (AvgIpc) is 3.45. The molecule has 3 fully saturated rings.